The van der Waals surface area contributed by atoms with Crippen LogP contribution in [-0.4, -0.2) is 108 Å². The van der Waals surface area contributed by atoms with Gasteiger partial charge in [-0.25, -0.2) is 0 Å². The van der Waals surface area contributed by atoms with Gasteiger partial charge in [0.05, 0.1) is 48.6 Å². The summed E-state index contributed by atoms with van der Waals surface area (Å²) in [5.41, 5.74) is 2.77. The van der Waals surface area contributed by atoms with Crippen LogP contribution in [0.4, 0.5) is 0 Å². The standard InChI is InChI=1S/C49H68N2O9/c1-3-4-14-43(55)44(56)25-21-36-19-17-34-10-5-6-11-35(34)18-20-37-13-8-27-49(60,30-33-15-22-39(53)23-16-33)48(37)51-42(41(36)29-40(54)31-52)24-26-45(57)47-38(28-46(58)59)12-7-9-32(2)50-47/h5-6,8,10-11,13,15-16,21-23,25,32,37-38,40,42-45,47-48,50-57,60H,3-4,7,9,12,14,17,19,24,26-31H2,1-2H3,(H,58,59)/b25-21+,41-36+/t32-,37-,38+,40+,42+,43+,44-,45+,47-,48+,49+/m1/s1. The van der Waals surface area contributed by atoms with Gasteiger partial charge in [0, 0.05) is 36.5 Å². The Kier molecular flexibility index (Phi) is 18.0. The molecule has 2 aromatic carbocycles. The second kappa shape index (κ2) is 22.9. The van der Waals surface area contributed by atoms with E-state index in [1.165, 1.54) is 0 Å². The summed E-state index contributed by atoms with van der Waals surface area (Å²) in [5, 5.41) is 95.5. The lowest BCUT2D eigenvalue weighted by atomic mass is 9.73. The molecule has 1 aliphatic carbocycles. The number of aliphatic hydroxyl groups is 6. The van der Waals surface area contributed by atoms with Gasteiger partial charge in [-0.05, 0) is 111 Å². The molecule has 2 heterocycles. The molecule has 0 saturated carbocycles. The molecule has 11 heteroatoms. The van der Waals surface area contributed by atoms with E-state index in [9.17, 15) is 45.6 Å². The van der Waals surface area contributed by atoms with Crippen LogP contribution in [0.1, 0.15) is 108 Å². The minimum Gasteiger partial charge on any atom is -0.508 e. The van der Waals surface area contributed by atoms with Crippen molar-refractivity contribution >= 4 is 5.97 Å². The largest absolute Gasteiger partial charge is 0.508 e. The number of benzene rings is 2. The van der Waals surface area contributed by atoms with Gasteiger partial charge in [-0.15, -0.1) is 0 Å². The predicted molar refractivity (Wildman–Crippen MR) is 233 cm³/mol. The highest BCUT2D eigenvalue weighted by atomic mass is 16.4. The highest BCUT2D eigenvalue weighted by molar-refractivity contribution is 5.67. The zero-order valence-electron chi connectivity index (χ0n) is 35.3. The lowest BCUT2D eigenvalue weighted by Gasteiger charge is -2.44. The Morgan fingerprint density at radius 2 is 1.78 bits per heavy atom. The van der Waals surface area contributed by atoms with Crippen molar-refractivity contribution in [3.05, 3.63) is 101 Å². The average Bonchev–Trinajstić information content (AvgIpc) is 3.41. The summed E-state index contributed by atoms with van der Waals surface area (Å²) >= 11 is 0. The molecular formula is C49H68N2O9. The van der Waals surface area contributed by atoms with Crippen LogP contribution in [0.2, 0.25) is 0 Å². The molecule has 0 radical (unpaired) electrons. The first-order valence-electron chi connectivity index (χ1n) is 22.0. The number of hydrogen-bond donors (Lipinski definition) is 10. The molecule has 0 unspecified atom stereocenters. The van der Waals surface area contributed by atoms with Gasteiger partial charge in [0.2, 0.25) is 0 Å². The lowest BCUT2D eigenvalue weighted by molar-refractivity contribution is -0.138. The van der Waals surface area contributed by atoms with Crippen LogP contribution in [-0.2, 0) is 17.6 Å². The van der Waals surface area contributed by atoms with E-state index in [2.05, 4.69) is 22.5 Å². The fraction of sp³-hybridized carbons (Fsp3) is 0.571. The van der Waals surface area contributed by atoms with E-state index in [0.717, 1.165) is 53.5 Å². The van der Waals surface area contributed by atoms with Crippen LogP contribution in [0, 0.1) is 23.7 Å². The molecule has 2 aliphatic heterocycles. The number of aliphatic carboxylic acids is 1. The van der Waals surface area contributed by atoms with Gasteiger partial charge in [0.1, 0.15) is 5.75 Å². The quantitative estimate of drug-likeness (QED) is 0.0773. The molecule has 10 N–H and O–H groups in total. The average molecular weight is 829 g/mol. The minimum atomic E-state index is -1.38. The fourth-order valence-corrected chi connectivity index (χ4v) is 9.30. The highest BCUT2D eigenvalue weighted by Gasteiger charge is 2.44. The molecule has 3 aliphatic rings. The van der Waals surface area contributed by atoms with Gasteiger partial charge in [-0.1, -0.05) is 92.7 Å². The van der Waals surface area contributed by atoms with E-state index < -0.39 is 66.6 Å². The summed E-state index contributed by atoms with van der Waals surface area (Å²) in [5.74, 6) is 5.33. The first kappa shape index (κ1) is 47.2. The van der Waals surface area contributed by atoms with Gasteiger partial charge < -0.3 is 51.5 Å². The number of aryl methyl sites for hydroxylation is 1. The number of rotatable bonds is 17. The van der Waals surface area contributed by atoms with Crippen molar-refractivity contribution in [1.29, 1.82) is 0 Å². The Hall–Kier alpha value is -3.83. The molecule has 11 nitrogen and oxygen atoms in total. The summed E-state index contributed by atoms with van der Waals surface area (Å²) in [6.07, 6.45) is 9.62. The number of fused-ring (bicyclic) bond motifs is 2. The summed E-state index contributed by atoms with van der Waals surface area (Å²) in [6, 6.07) is 13.0. The topological polar surface area (TPSA) is 203 Å². The number of nitrogens with one attached hydrogen (secondary N) is 2. The second-order valence-corrected chi connectivity index (χ2v) is 17.4. The van der Waals surface area contributed by atoms with Crippen LogP contribution in [0.3, 0.4) is 0 Å². The van der Waals surface area contributed by atoms with Crippen molar-refractivity contribution in [2.75, 3.05) is 6.61 Å². The first-order chi connectivity index (χ1) is 28.8. The molecule has 0 bridgehead atoms. The van der Waals surface area contributed by atoms with Crippen molar-refractivity contribution < 1.29 is 45.6 Å². The Labute approximate surface area is 356 Å². The molecule has 5 rings (SSSR count). The summed E-state index contributed by atoms with van der Waals surface area (Å²) in [7, 11) is 0. The zero-order valence-corrected chi connectivity index (χ0v) is 35.3. The first-order valence-corrected chi connectivity index (χ1v) is 22.0. The monoisotopic (exact) mass is 828 g/mol. The third-order valence-electron chi connectivity index (χ3n) is 12.7. The number of phenolic OH excluding ortho intramolecular Hbond substituents is 1. The predicted octanol–water partition coefficient (Wildman–Crippen LogP) is 4.84. The molecule has 1 saturated heterocycles. The molecule has 60 heavy (non-hydrogen) atoms. The van der Waals surface area contributed by atoms with Gasteiger partial charge in [0.15, 0.2) is 0 Å². The smallest absolute Gasteiger partial charge is 0.303 e. The van der Waals surface area contributed by atoms with Gasteiger partial charge in [-0.2, -0.15) is 0 Å². The molecule has 0 spiro atoms. The Bertz CT molecular complexity index is 1830. The minimum absolute atomic E-state index is 0.0374. The third kappa shape index (κ3) is 13.3. The summed E-state index contributed by atoms with van der Waals surface area (Å²) in [4.78, 5) is 12.0. The van der Waals surface area contributed by atoms with E-state index in [1.807, 2.05) is 56.3 Å². The maximum absolute atomic E-state index is 12.8. The van der Waals surface area contributed by atoms with E-state index in [0.29, 0.717) is 38.5 Å². The maximum atomic E-state index is 12.8. The molecule has 11 atom stereocenters. The van der Waals surface area contributed by atoms with Crippen molar-refractivity contribution in [3.63, 3.8) is 0 Å². The molecule has 0 amide bonds. The van der Waals surface area contributed by atoms with Crippen LogP contribution < -0.4 is 10.6 Å². The Balaban J connectivity index is 1.66. The Morgan fingerprint density at radius 3 is 2.52 bits per heavy atom. The second-order valence-electron chi connectivity index (χ2n) is 17.4. The number of aliphatic hydroxyl groups excluding tert-OH is 5. The third-order valence-corrected chi connectivity index (χ3v) is 12.7. The number of carbonyl (C=O) groups is 1. The number of hydrogen-bond acceptors (Lipinski definition) is 10. The van der Waals surface area contributed by atoms with Crippen LogP contribution in [0.25, 0.3) is 0 Å². The number of carboxylic acid groups (broad SMARTS) is 1. The fourth-order valence-electron chi connectivity index (χ4n) is 9.30. The number of unbranched alkanes of at least 4 members (excludes halogenated alkanes) is 1. The van der Waals surface area contributed by atoms with Crippen molar-refractivity contribution in [2.24, 2.45) is 11.8 Å². The normalized spacial score (nSPS) is 29.4. The molecule has 0 aromatic heterocycles. The number of allylic oxidation sites excluding steroid dienone is 2. The van der Waals surface area contributed by atoms with E-state index in [4.69, 9.17) is 0 Å². The van der Waals surface area contributed by atoms with E-state index >= 15 is 0 Å². The van der Waals surface area contributed by atoms with Crippen molar-refractivity contribution in [2.45, 2.75) is 158 Å². The SMILES string of the molecule is CCCC[C@H](O)[C@H](O)/C=C/C1=C(\C[C@H](O)CO)[C@H](CC[C@H](O)[C@@H]2N[C@H](C)CCC[C@H]2CC(=O)O)N[C@H]2[C@@H](C#Cc3ccccc3CC1)C=CC[C@]2(O)Cc1ccc(O)cc1. The summed E-state index contributed by atoms with van der Waals surface area (Å²) < 4.78 is 0. The maximum Gasteiger partial charge on any atom is 0.303 e. The molecule has 2 aromatic rings. The van der Waals surface area contributed by atoms with Gasteiger partial charge in [0.25, 0.3) is 0 Å². The number of carboxylic acids is 1. The Morgan fingerprint density at radius 1 is 1.02 bits per heavy atom. The van der Waals surface area contributed by atoms with Gasteiger partial charge in [-0.3, -0.25) is 4.79 Å². The molecular weight excluding hydrogens is 761 g/mol. The van der Waals surface area contributed by atoms with Crippen molar-refractivity contribution in [1.82, 2.24) is 10.6 Å². The lowest BCUT2D eigenvalue weighted by Crippen LogP contribution is -2.60. The summed E-state index contributed by atoms with van der Waals surface area (Å²) in [6.45, 7) is 3.56. The van der Waals surface area contributed by atoms with E-state index in [1.54, 1.807) is 30.3 Å². The van der Waals surface area contributed by atoms with Gasteiger partial charge >= 0.3 is 5.97 Å². The number of phenols is 1. The number of aromatic hydroxyl groups is 1. The highest BCUT2D eigenvalue weighted by Crippen LogP contribution is 2.36. The van der Waals surface area contributed by atoms with Crippen LogP contribution in [0.5, 0.6) is 5.75 Å². The zero-order chi connectivity index (χ0) is 43.2. The molecule has 1 fully saturated rings. The molecule has 328 valence electrons. The van der Waals surface area contributed by atoms with Crippen LogP contribution in [0.15, 0.2) is 84.0 Å². The van der Waals surface area contributed by atoms with Crippen LogP contribution >= 0.6 is 0 Å². The van der Waals surface area contributed by atoms with E-state index in [-0.39, 0.29) is 43.4 Å². The van der Waals surface area contributed by atoms with Crippen molar-refractivity contribution in [3.8, 4) is 17.6 Å².